The molecule has 0 spiro atoms. The van der Waals surface area contributed by atoms with Gasteiger partial charge in [0.15, 0.2) is 0 Å². The average molecular weight is 262 g/mol. The summed E-state index contributed by atoms with van der Waals surface area (Å²) in [5.41, 5.74) is 0. The first-order valence-electron chi connectivity index (χ1n) is 6.03. The SMILES string of the molecule is Cl.O=C(CNC(=O)C1CCCN1)NCC1CC1. The van der Waals surface area contributed by atoms with Crippen LogP contribution in [0, 0.1) is 5.92 Å². The molecule has 5 nitrogen and oxygen atoms in total. The second-order valence-electron chi connectivity index (χ2n) is 4.61. The zero-order valence-corrected chi connectivity index (χ0v) is 10.6. The summed E-state index contributed by atoms with van der Waals surface area (Å²) in [7, 11) is 0. The van der Waals surface area contributed by atoms with E-state index in [1.165, 1.54) is 12.8 Å². The van der Waals surface area contributed by atoms with Crippen molar-refractivity contribution in [2.45, 2.75) is 31.7 Å². The monoisotopic (exact) mass is 261 g/mol. The lowest BCUT2D eigenvalue weighted by atomic mass is 10.2. The molecule has 1 atom stereocenters. The van der Waals surface area contributed by atoms with Crippen LogP contribution in [0.4, 0.5) is 0 Å². The highest BCUT2D eigenvalue weighted by molar-refractivity contribution is 5.87. The fourth-order valence-electron chi connectivity index (χ4n) is 1.84. The van der Waals surface area contributed by atoms with Crippen LogP contribution in [0.2, 0.25) is 0 Å². The fourth-order valence-corrected chi connectivity index (χ4v) is 1.84. The Morgan fingerprint density at radius 2 is 1.94 bits per heavy atom. The van der Waals surface area contributed by atoms with Crippen LogP contribution >= 0.6 is 12.4 Å². The molecular formula is C11H20ClN3O2. The predicted octanol–water partition coefficient (Wildman–Crippen LogP) is -0.197. The number of nitrogens with one attached hydrogen (secondary N) is 3. The lowest BCUT2D eigenvalue weighted by molar-refractivity contribution is -0.127. The van der Waals surface area contributed by atoms with E-state index in [1.54, 1.807) is 0 Å². The van der Waals surface area contributed by atoms with Crippen molar-refractivity contribution in [3.63, 3.8) is 0 Å². The molecule has 98 valence electrons. The molecule has 0 aromatic rings. The van der Waals surface area contributed by atoms with Crippen LogP contribution in [-0.2, 0) is 9.59 Å². The Hall–Kier alpha value is -0.810. The zero-order valence-electron chi connectivity index (χ0n) is 9.83. The molecule has 1 saturated heterocycles. The Bertz CT molecular complexity index is 276. The smallest absolute Gasteiger partial charge is 0.239 e. The van der Waals surface area contributed by atoms with Crippen LogP contribution in [-0.4, -0.2) is 37.5 Å². The first-order valence-corrected chi connectivity index (χ1v) is 6.03. The Kier molecular flexibility index (Phi) is 5.71. The summed E-state index contributed by atoms with van der Waals surface area (Å²) in [6.45, 7) is 1.76. The van der Waals surface area contributed by atoms with Gasteiger partial charge in [-0.2, -0.15) is 0 Å². The minimum atomic E-state index is -0.101. The molecule has 0 aromatic heterocycles. The van der Waals surface area contributed by atoms with E-state index in [9.17, 15) is 9.59 Å². The second kappa shape index (κ2) is 6.81. The van der Waals surface area contributed by atoms with Gasteiger partial charge in [-0.3, -0.25) is 9.59 Å². The van der Waals surface area contributed by atoms with Crippen molar-refractivity contribution in [1.29, 1.82) is 0 Å². The van der Waals surface area contributed by atoms with E-state index in [4.69, 9.17) is 0 Å². The van der Waals surface area contributed by atoms with E-state index in [0.717, 1.165) is 25.9 Å². The summed E-state index contributed by atoms with van der Waals surface area (Å²) in [6.07, 6.45) is 4.35. The number of hydrogen-bond donors (Lipinski definition) is 3. The van der Waals surface area contributed by atoms with Gasteiger partial charge in [0.25, 0.3) is 0 Å². The molecule has 2 fully saturated rings. The topological polar surface area (TPSA) is 70.2 Å². The van der Waals surface area contributed by atoms with Gasteiger partial charge in [0.05, 0.1) is 12.6 Å². The Morgan fingerprint density at radius 1 is 1.18 bits per heavy atom. The first kappa shape index (κ1) is 14.3. The summed E-state index contributed by atoms with van der Waals surface area (Å²) < 4.78 is 0. The van der Waals surface area contributed by atoms with Crippen molar-refractivity contribution < 1.29 is 9.59 Å². The highest BCUT2D eigenvalue weighted by Crippen LogP contribution is 2.27. The highest BCUT2D eigenvalue weighted by atomic mass is 35.5. The number of rotatable bonds is 5. The van der Waals surface area contributed by atoms with Crippen LogP contribution in [0.25, 0.3) is 0 Å². The lowest BCUT2D eigenvalue weighted by Gasteiger charge is -2.10. The maximum absolute atomic E-state index is 11.5. The highest BCUT2D eigenvalue weighted by Gasteiger charge is 2.23. The summed E-state index contributed by atoms with van der Waals surface area (Å²) in [6, 6.07) is -0.101. The second-order valence-corrected chi connectivity index (χ2v) is 4.61. The van der Waals surface area contributed by atoms with Gasteiger partial charge in [-0.15, -0.1) is 12.4 Å². The number of carbonyl (C=O) groups excluding carboxylic acids is 2. The normalized spacial score (nSPS) is 22.7. The molecule has 1 aliphatic heterocycles. The summed E-state index contributed by atoms with van der Waals surface area (Å²) >= 11 is 0. The molecule has 1 heterocycles. The Balaban J connectivity index is 0.00000144. The van der Waals surface area contributed by atoms with Gasteiger partial charge in [-0.25, -0.2) is 0 Å². The predicted molar refractivity (Wildman–Crippen MR) is 67.0 cm³/mol. The minimum Gasteiger partial charge on any atom is -0.354 e. The molecule has 2 aliphatic rings. The van der Waals surface area contributed by atoms with Crippen molar-refractivity contribution in [1.82, 2.24) is 16.0 Å². The third-order valence-corrected chi connectivity index (χ3v) is 3.08. The number of halogens is 1. The molecule has 3 N–H and O–H groups in total. The quantitative estimate of drug-likeness (QED) is 0.642. The maximum Gasteiger partial charge on any atom is 0.239 e. The van der Waals surface area contributed by atoms with Crippen LogP contribution in [0.5, 0.6) is 0 Å². The van der Waals surface area contributed by atoms with Crippen LogP contribution < -0.4 is 16.0 Å². The van der Waals surface area contributed by atoms with Crippen molar-refractivity contribution in [2.24, 2.45) is 5.92 Å². The largest absolute Gasteiger partial charge is 0.354 e. The van der Waals surface area contributed by atoms with Crippen molar-refractivity contribution in [2.75, 3.05) is 19.6 Å². The van der Waals surface area contributed by atoms with Gasteiger partial charge in [0.1, 0.15) is 0 Å². The van der Waals surface area contributed by atoms with Crippen molar-refractivity contribution >= 4 is 24.2 Å². The standard InChI is InChI=1S/C11H19N3O2.ClH/c15-10(13-6-8-3-4-8)7-14-11(16)9-2-1-5-12-9;/h8-9,12H,1-7H2,(H,13,15)(H,14,16);1H. The maximum atomic E-state index is 11.5. The van der Waals surface area contributed by atoms with Crippen molar-refractivity contribution in [3.05, 3.63) is 0 Å². The molecular weight excluding hydrogens is 242 g/mol. The van der Waals surface area contributed by atoms with Crippen LogP contribution in [0.15, 0.2) is 0 Å². The molecule has 0 bridgehead atoms. The van der Waals surface area contributed by atoms with Gasteiger partial charge in [0.2, 0.25) is 11.8 Å². The van der Waals surface area contributed by atoms with Crippen molar-refractivity contribution in [3.8, 4) is 0 Å². The third kappa shape index (κ3) is 4.91. The molecule has 1 unspecified atom stereocenters. The minimum absolute atomic E-state index is 0. The Labute approximate surface area is 108 Å². The fraction of sp³-hybridized carbons (Fsp3) is 0.818. The van der Waals surface area contributed by atoms with E-state index < -0.39 is 0 Å². The van der Waals surface area contributed by atoms with Gasteiger partial charge in [-0.1, -0.05) is 0 Å². The lowest BCUT2D eigenvalue weighted by Crippen LogP contribution is -2.44. The van der Waals surface area contributed by atoms with E-state index >= 15 is 0 Å². The van der Waals surface area contributed by atoms with Crippen LogP contribution in [0.3, 0.4) is 0 Å². The average Bonchev–Trinajstić information content (AvgIpc) is 2.95. The van der Waals surface area contributed by atoms with E-state index in [-0.39, 0.29) is 36.8 Å². The zero-order chi connectivity index (χ0) is 11.4. The molecule has 1 aliphatic carbocycles. The number of carbonyl (C=O) groups is 2. The van der Waals surface area contributed by atoms with Gasteiger partial charge < -0.3 is 16.0 Å². The van der Waals surface area contributed by atoms with Gasteiger partial charge in [0, 0.05) is 6.54 Å². The number of hydrogen-bond acceptors (Lipinski definition) is 3. The van der Waals surface area contributed by atoms with Crippen LogP contribution in [0.1, 0.15) is 25.7 Å². The molecule has 2 amide bonds. The third-order valence-electron chi connectivity index (χ3n) is 3.08. The molecule has 2 rings (SSSR count). The summed E-state index contributed by atoms with van der Waals surface area (Å²) in [4.78, 5) is 22.9. The van der Waals surface area contributed by atoms with Gasteiger partial charge >= 0.3 is 0 Å². The van der Waals surface area contributed by atoms with Gasteiger partial charge in [-0.05, 0) is 38.1 Å². The molecule has 0 radical (unpaired) electrons. The molecule has 17 heavy (non-hydrogen) atoms. The van der Waals surface area contributed by atoms with E-state index in [1.807, 2.05) is 0 Å². The Morgan fingerprint density at radius 3 is 2.53 bits per heavy atom. The molecule has 0 aromatic carbocycles. The first-order chi connectivity index (χ1) is 7.75. The van der Waals surface area contributed by atoms with E-state index in [2.05, 4.69) is 16.0 Å². The summed E-state index contributed by atoms with van der Waals surface area (Å²) in [5, 5.41) is 8.57. The molecule has 1 saturated carbocycles. The summed E-state index contributed by atoms with van der Waals surface area (Å²) in [5.74, 6) is 0.536. The van der Waals surface area contributed by atoms with E-state index in [0.29, 0.717) is 5.92 Å². The number of amides is 2. The molecule has 6 heteroatoms.